The predicted molar refractivity (Wildman–Crippen MR) is 111 cm³/mol. The topological polar surface area (TPSA) is 108 Å². The van der Waals surface area contributed by atoms with E-state index in [0.29, 0.717) is 21.6 Å². The molecule has 0 spiro atoms. The summed E-state index contributed by atoms with van der Waals surface area (Å²) in [6, 6.07) is 8.17. The van der Waals surface area contributed by atoms with Crippen LogP contribution in [0.4, 0.5) is 0 Å². The number of aromatic nitrogens is 3. The number of halogens is 1. The summed E-state index contributed by atoms with van der Waals surface area (Å²) in [6.07, 6.45) is -0.977. The molecule has 0 bridgehead atoms. The van der Waals surface area contributed by atoms with Crippen LogP contribution in [-0.4, -0.2) is 36.3 Å². The lowest BCUT2D eigenvalue weighted by atomic mass is 9.85. The van der Waals surface area contributed by atoms with Crippen molar-refractivity contribution in [3.63, 3.8) is 0 Å². The molecule has 0 radical (unpaired) electrons. The number of benzene rings is 2. The Morgan fingerprint density at radius 3 is 2.28 bits per heavy atom. The summed E-state index contributed by atoms with van der Waals surface area (Å²) < 4.78 is 0. The van der Waals surface area contributed by atoms with Gasteiger partial charge >= 0.3 is 5.97 Å². The van der Waals surface area contributed by atoms with Crippen molar-refractivity contribution in [2.24, 2.45) is 11.8 Å². The number of carbonyl (C=O) groups is 1. The van der Waals surface area contributed by atoms with Crippen molar-refractivity contribution >= 4 is 28.6 Å². The van der Waals surface area contributed by atoms with Gasteiger partial charge in [0.2, 0.25) is 0 Å². The average Bonchev–Trinajstić information content (AvgIpc) is 3.04. The van der Waals surface area contributed by atoms with Crippen LogP contribution >= 0.6 is 11.6 Å². The van der Waals surface area contributed by atoms with Gasteiger partial charge in [-0.25, -0.2) is 0 Å². The van der Waals surface area contributed by atoms with Crippen LogP contribution in [0.2, 0.25) is 5.02 Å². The predicted octanol–water partition coefficient (Wildman–Crippen LogP) is 4.29. The van der Waals surface area contributed by atoms with E-state index in [1.165, 1.54) is 4.80 Å². The number of phenols is 1. The van der Waals surface area contributed by atoms with E-state index in [0.717, 1.165) is 0 Å². The van der Waals surface area contributed by atoms with Crippen LogP contribution in [0, 0.1) is 11.8 Å². The molecule has 1 heterocycles. The number of hydrogen-bond acceptors (Lipinski definition) is 5. The minimum atomic E-state index is -0.980. The summed E-state index contributed by atoms with van der Waals surface area (Å²) in [5, 5.41) is 40.5. The number of aliphatic hydroxyl groups is 1. The number of aliphatic carboxylic acids is 1. The maximum absolute atomic E-state index is 11.9. The summed E-state index contributed by atoms with van der Waals surface area (Å²) in [7, 11) is 0. The largest absolute Gasteiger partial charge is 0.505 e. The van der Waals surface area contributed by atoms with E-state index in [1.54, 1.807) is 30.3 Å². The van der Waals surface area contributed by atoms with Gasteiger partial charge in [-0.05, 0) is 47.7 Å². The summed E-state index contributed by atoms with van der Waals surface area (Å²) in [6.45, 7) is 7.25. The Hall–Kier alpha value is -2.64. The normalized spacial score (nSPS) is 13.9. The van der Waals surface area contributed by atoms with Crippen molar-refractivity contribution in [1.29, 1.82) is 0 Å². The Bertz CT molecular complexity index is 1060. The summed E-state index contributed by atoms with van der Waals surface area (Å²) in [5.74, 6) is -2.36. The van der Waals surface area contributed by atoms with Crippen LogP contribution in [-0.2, 0) is 4.79 Å². The first-order valence-electron chi connectivity index (χ1n) is 9.40. The Morgan fingerprint density at radius 1 is 1.03 bits per heavy atom. The Morgan fingerprint density at radius 2 is 1.69 bits per heavy atom. The highest BCUT2D eigenvalue weighted by atomic mass is 35.5. The fourth-order valence-electron chi connectivity index (χ4n) is 3.39. The van der Waals surface area contributed by atoms with Crippen LogP contribution in [0.25, 0.3) is 16.7 Å². The third kappa shape index (κ3) is 4.06. The van der Waals surface area contributed by atoms with Crippen LogP contribution in [0.1, 0.15) is 50.8 Å². The number of fused-ring (bicyclic) bond motifs is 1. The zero-order valence-corrected chi connectivity index (χ0v) is 17.4. The highest BCUT2D eigenvalue weighted by Gasteiger charge is 2.29. The number of rotatable bonds is 6. The van der Waals surface area contributed by atoms with Crippen molar-refractivity contribution in [1.82, 2.24) is 15.0 Å². The Kier molecular flexibility index (Phi) is 5.82. The molecular weight excluding hydrogens is 394 g/mol. The van der Waals surface area contributed by atoms with Crippen LogP contribution in [0.15, 0.2) is 30.3 Å². The number of carboxylic acids is 1. The van der Waals surface area contributed by atoms with E-state index >= 15 is 0 Å². The smallest absolute Gasteiger partial charge is 0.311 e. The molecule has 3 rings (SSSR count). The van der Waals surface area contributed by atoms with Gasteiger partial charge in [0.1, 0.15) is 22.5 Å². The number of aromatic hydroxyl groups is 1. The molecule has 0 aliphatic carbocycles. The SMILES string of the molecule is CC(C)C(O)c1cc(C(C(=O)O)C(C)C)cc(-n2nc3ccc(Cl)cc3n2)c1O. The second-order valence-corrected chi connectivity index (χ2v) is 8.29. The lowest BCUT2D eigenvalue weighted by molar-refractivity contribution is -0.139. The van der Waals surface area contributed by atoms with Gasteiger partial charge in [-0.2, -0.15) is 0 Å². The summed E-state index contributed by atoms with van der Waals surface area (Å²) >= 11 is 6.02. The molecule has 2 aromatic carbocycles. The van der Waals surface area contributed by atoms with Gasteiger partial charge in [-0.1, -0.05) is 39.3 Å². The van der Waals surface area contributed by atoms with Gasteiger partial charge in [0, 0.05) is 10.6 Å². The fraction of sp³-hybridized carbons (Fsp3) is 0.381. The first kappa shape index (κ1) is 21.1. The zero-order valence-electron chi connectivity index (χ0n) is 16.7. The van der Waals surface area contributed by atoms with Crippen LogP contribution in [0.5, 0.6) is 5.75 Å². The monoisotopic (exact) mass is 417 g/mol. The molecule has 0 fully saturated rings. The first-order valence-corrected chi connectivity index (χ1v) is 9.78. The highest BCUT2D eigenvalue weighted by molar-refractivity contribution is 6.31. The van der Waals surface area contributed by atoms with Gasteiger partial charge in [0.15, 0.2) is 0 Å². The fourth-order valence-corrected chi connectivity index (χ4v) is 3.55. The molecule has 0 aliphatic heterocycles. The molecule has 3 aromatic rings. The van der Waals surface area contributed by atoms with E-state index in [2.05, 4.69) is 10.2 Å². The number of phenolic OH excluding ortho intramolecular Hbond substituents is 1. The standard InChI is InChI=1S/C21H24ClN3O4/c1-10(2)18(21(28)29)12-7-14(19(26)11(3)4)20(27)17(8-12)25-23-15-6-5-13(22)9-16(15)24-25/h5-11,18-19,26-27H,1-4H3,(H,28,29). The second kappa shape index (κ2) is 8.00. The average molecular weight is 418 g/mol. The van der Waals surface area contributed by atoms with Gasteiger partial charge in [-0.3, -0.25) is 4.79 Å². The zero-order chi connectivity index (χ0) is 21.5. The third-order valence-electron chi connectivity index (χ3n) is 4.94. The van der Waals surface area contributed by atoms with E-state index in [1.807, 2.05) is 27.7 Å². The maximum atomic E-state index is 11.9. The van der Waals surface area contributed by atoms with Gasteiger partial charge < -0.3 is 15.3 Å². The van der Waals surface area contributed by atoms with Crippen molar-refractivity contribution in [2.45, 2.75) is 39.7 Å². The lowest BCUT2D eigenvalue weighted by Gasteiger charge is -2.23. The molecule has 3 N–H and O–H groups in total. The van der Waals surface area contributed by atoms with Crippen molar-refractivity contribution in [3.05, 3.63) is 46.5 Å². The Labute approximate surface area is 173 Å². The molecule has 0 saturated carbocycles. The quantitative estimate of drug-likeness (QED) is 0.552. The van der Waals surface area contributed by atoms with E-state index in [4.69, 9.17) is 11.6 Å². The molecule has 154 valence electrons. The van der Waals surface area contributed by atoms with Crippen LogP contribution in [0.3, 0.4) is 0 Å². The molecular formula is C21H24ClN3O4. The second-order valence-electron chi connectivity index (χ2n) is 7.85. The molecule has 2 atom stereocenters. The summed E-state index contributed by atoms with van der Waals surface area (Å²) in [5.41, 5.74) is 2.03. The van der Waals surface area contributed by atoms with Crippen molar-refractivity contribution in [2.75, 3.05) is 0 Å². The van der Waals surface area contributed by atoms with E-state index < -0.39 is 18.0 Å². The van der Waals surface area contributed by atoms with Crippen LogP contribution < -0.4 is 0 Å². The molecule has 8 heteroatoms. The molecule has 0 saturated heterocycles. The molecule has 0 aliphatic rings. The third-order valence-corrected chi connectivity index (χ3v) is 5.18. The highest BCUT2D eigenvalue weighted by Crippen LogP contribution is 2.38. The maximum Gasteiger partial charge on any atom is 0.311 e. The number of nitrogens with zero attached hydrogens (tertiary/aromatic N) is 3. The minimum Gasteiger partial charge on any atom is -0.505 e. The number of aliphatic hydroxyl groups excluding tert-OH is 1. The summed E-state index contributed by atoms with van der Waals surface area (Å²) in [4.78, 5) is 13.1. The molecule has 29 heavy (non-hydrogen) atoms. The minimum absolute atomic E-state index is 0.185. The number of carboxylic acid groups (broad SMARTS) is 1. The van der Waals surface area contributed by atoms with Crippen molar-refractivity contribution in [3.8, 4) is 11.4 Å². The molecule has 1 aromatic heterocycles. The van der Waals surface area contributed by atoms with E-state index in [-0.39, 0.29) is 28.8 Å². The lowest BCUT2D eigenvalue weighted by Crippen LogP contribution is -2.19. The molecule has 0 amide bonds. The Balaban J connectivity index is 2.27. The van der Waals surface area contributed by atoms with Crippen molar-refractivity contribution < 1.29 is 20.1 Å². The number of hydrogen-bond donors (Lipinski definition) is 3. The van der Waals surface area contributed by atoms with Gasteiger partial charge in [0.25, 0.3) is 0 Å². The van der Waals surface area contributed by atoms with E-state index in [9.17, 15) is 20.1 Å². The molecule has 7 nitrogen and oxygen atoms in total. The van der Waals surface area contributed by atoms with Gasteiger partial charge in [-0.15, -0.1) is 15.0 Å². The molecule has 2 unspecified atom stereocenters. The van der Waals surface area contributed by atoms with Gasteiger partial charge in [0.05, 0.1) is 12.0 Å². The first-order chi connectivity index (χ1) is 13.6.